The van der Waals surface area contributed by atoms with Crippen LogP contribution in [0.1, 0.15) is 23.7 Å². The van der Waals surface area contributed by atoms with Crippen LogP contribution < -0.4 is 5.32 Å². The molecule has 1 heterocycles. The Morgan fingerprint density at radius 1 is 1.43 bits per heavy atom. The van der Waals surface area contributed by atoms with Gasteiger partial charge in [0.1, 0.15) is 5.69 Å². The Kier molecular flexibility index (Phi) is 4.46. The maximum atomic E-state index is 11.0. The van der Waals surface area contributed by atoms with E-state index in [0.29, 0.717) is 17.8 Å². The number of nitrogens with zero attached hydrogens (tertiary/aromatic N) is 3. The van der Waals surface area contributed by atoms with E-state index in [0.717, 1.165) is 17.7 Å². The lowest BCUT2D eigenvalue weighted by atomic mass is 10.1. The Hall–Kier alpha value is -2.94. The summed E-state index contributed by atoms with van der Waals surface area (Å²) in [6.07, 6.45) is 2.53. The van der Waals surface area contributed by atoms with Crippen LogP contribution >= 0.6 is 0 Å². The van der Waals surface area contributed by atoms with Crippen molar-refractivity contribution in [2.24, 2.45) is 0 Å². The van der Waals surface area contributed by atoms with Crippen molar-refractivity contribution in [3.63, 3.8) is 0 Å². The minimum absolute atomic E-state index is 0.0528. The summed E-state index contributed by atoms with van der Waals surface area (Å²) in [5, 5.41) is 22.9. The van der Waals surface area contributed by atoms with Crippen LogP contribution in [0.15, 0.2) is 36.5 Å². The lowest BCUT2D eigenvalue weighted by molar-refractivity contribution is -0.384. The van der Waals surface area contributed by atoms with Gasteiger partial charge in [-0.05, 0) is 30.2 Å². The molecule has 0 saturated heterocycles. The van der Waals surface area contributed by atoms with Gasteiger partial charge in [-0.15, -0.1) is 0 Å². The van der Waals surface area contributed by atoms with Crippen LogP contribution in [0.4, 0.5) is 11.4 Å². The van der Waals surface area contributed by atoms with Gasteiger partial charge in [0, 0.05) is 12.3 Å². The molecule has 0 amide bonds. The lowest BCUT2D eigenvalue weighted by Crippen LogP contribution is -2.06. The molecule has 0 unspecified atom stereocenters. The van der Waals surface area contributed by atoms with Crippen molar-refractivity contribution in [3.8, 4) is 6.07 Å². The molecule has 0 saturated carbocycles. The van der Waals surface area contributed by atoms with E-state index >= 15 is 0 Å². The molecule has 1 aromatic heterocycles. The number of rotatable bonds is 5. The summed E-state index contributed by atoms with van der Waals surface area (Å²) in [6, 6.07) is 10.1. The number of nitriles is 1. The van der Waals surface area contributed by atoms with E-state index in [-0.39, 0.29) is 5.69 Å². The van der Waals surface area contributed by atoms with Crippen LogP contribution in [0.3, 0.4) is 0 Å². The minimum Gasteiger partial charge on any atom is -0.374 e. The molecule has 1 N–H and O–H groups in total. The second-order valence-corrected chi connectivity index (χ2v) is 4.42. The zero-order valence-corrected chi connectivity index (χ0v) is 11.5. The monoisotopic (exact) mass is 282 g/mol. The summed E-state index contributed by atoms with van der Waals surface area (Å²) < 4.78 is 0. The average Bonchev–Trinajstić information content (AvgIpc) is 2.52. The molecule has 2 aromatic rings. The maximum Gasteiger partial charge on any atom is 0.292 e. The van der Waals surface area contributed by atoms with Gasteiger partial charge in [-0.3, -0.25) is 15.1 Å². The van der Waals surface area contributed by atoms with E-state index in [1.165, 1.54) is 18.2 Å². The summed E-state index contributed by atoms with van der Waals surface area (Å²) in [5.74, 6) is 0. The molecule has 0 atom stereocenters. The number of pyridine rings is 1. The fraction of sp³-hybridized carbons (Fsp3) is 0.200. The Labute approximate surface area is 122 Å². The van der Waals surface area contributed by atoms with Gasteiger partial charge in [0.15, 0.2) is 0 Å². The zero-order valence-electron chi connectivity index (χ0n) is 11.5. The number of anilines is 1. The fourth-order valence-corrected chi connectivity index (χ4v) is 2.04. The molecule has 0 aliphatic rings. The van der Waals surface area contributed by atoms with Crippen molar-refractivity contribution in [1.29, 1.82) is 5.26 Å². The van der Waals surface area contributed by atoms with Crippen LogP contribution in [-0.4, -0.2) is 9.91 Å². The van der Waals surface area contributed by atoms with Gasteiger partial charge in [0.2, 0.25) is 0 Å². The Morgan fingerprint density at radius 3 is 2.90 bits per heavy atom. The van der Waals surface area contributed by atoms with E-state index in [1.807, 2.05) is 25.1 Å². The van der Waals surface area contributed by atoms with Crippen LogP contribution in [0.5, 0.6) is 0 Å². The van der Waals surface area contributed by atoms with Crippen molar-refractivity contribution in [2.75, 3.05) is 5.32 Å². The molecule has 0 spiro atoms. The molecule has 0 radical (unpaired) electrons. The fourth-order valence-electron chi connectivity index (χ4n) is 2.04. The highest BCUT2D eigenvalue weighted by Gasteiger charge is 2.14. The number of nitro groups is 1. The summed E-state index contributed by atoms with van der Waals surface area (Å²) in [7, 11) is 0. The largest absolute Gasteiger partial charge is 0.374 e. The third kappa shape index (κ3) is 3.34. The van der Waals surface area contributed by atoms with Crippen molar-refractivity contribution in [2.45, 2.75) is 19.9 Å². The molecule has 6 nitrogen and oxygen atoms in total. The number of hydrogen-bond acceptors (Lipinski definition) is 5. The van der Waals surface area contributed by atoms with E-state index in [2.05, 4.69) is 10.3 Å². The molecule has 106 valence electrons. The van der Waals surface area contributed by atoms with Crippen LogP contribution in [0.2, 0.25) is 0 Å². The maximum absolute atomic E-state index is 11.0. The van der Waals surface area contributed by atoms with Crippen molar-refractivity contribution in [1.82, 2.24) is 4.98 Å². The van der Waals surface area contributed by atoms with E-state index in [9.17, 15) is 10.1 Å². The van der Waals surface area contributed by atoms with E-state index < -0.39 is 4.92 Å². The molecular weight excluding hydrogens is 268 g/mol. The van der Waals surface area contributed by atoms with Crippen molar-refractivity contribution >= 4 is 11.4 Å². The van der Waals surface area contributed by atoms with Gasteiger partial charge in [-0.2, -0.15) is 5.26 Å². The first-order chi connectivity index (χ1) is 10.2. The predicted molar refractivity (Wildman–Crippen MR) is 78.8 cm³/mol. The topological polar surface area (TPSA) is 91.8 Å². The van der Waals surface area contributed by atoms with Gasteiger partial charge in [0.25, 0.3) is 5.69 Å². The Morgan fingerprint density at radius 2 is 2.24 bits per heavy atom. The van der Waals surface area contributed by atoms with Gasteiger partial charge in [0.05, 0.1) is 28.8 Å². The number of hydrogen-bond donors (Lipinski definition) is 1. The second kappa shape index (κ2) is 6.48. The molecule has 0 bridgehead atoms. The van der Waals surface area contributed by atoms with Gasteiger partial charge in [-0.25, -0.2) is 0 Å². The Bertz CT molecular complexity index is 707. The van der Waals surface area contributed by atoms with Gasteiger partial charge < -0.3 is 5.32 Å². The summed E-state index contributed by atoms with van der Waals surface area (Å²) in [5.41, 5.74) is 2.58. The Balaban J connectivity index is 2.27. The minimum atomic E-state index is -0.470. The smallest absolute Gasteiger partial charge is 0.292 e. The summed E-state index contributed by atoms with van der Waals surface area (Å²) in [6.45, 7) is 2.40. The number of aryl methyl sites for hydroxylation is 1. The average molecular weight is 282 g/mol. The SMILES string of the molecule is CCc1cccnc1CNc1cc(C#N)ccc1[N+](=O)[O-]. The second-order valence-electron chi connectivity index (χ2n) is 4.42. The molecule has 0 aliphatic heterocycles. The number of aromatic nitrogens is 1. The molecular formula is C15H14N4O2. The molecule has 6 heteroatoms. The first kappa shape index (κ1) is 14.5. The van der Waals surface area contributed by atoms with Crippen LogP contribution in [0, 0.1) is 21.4 Å². The first-order valence-corrected chi connectivity index (χ1v) is 6.51. The van der Waals surface area contributed by atoms with Crippen molar-refractivity contribution in [3.05, 3.63) is 63.5 Å². The third-order valence-electron chi connectivity index (χ3n) is 3.13. The molecule has 1 aromatic carbocycles. The first-order valence-electron chi connectivity index (χ1n) is 6.51. The number of benzene rings is 1. The molecule has 0 aliphatic carbocycles. The lowest BCUT2D eigenvalue weighted by Gasteiger charge is -2.09. The number of nitrogens with one attached hydrogen (secondary N) is 1. The molecule has 21 heavy (non-hydrogen) atoms. The van der Waals surface area contributed by atoms with Crippen LogP contribution in [-0.2, 0) is 13.0 Å². The van der Waals surface area contributed by atoms with Crippen molar-refractivity contribution < 1.29 is 4.92 Å². The molecule has 0 fully saturated rings. The van der Waals surface area contributed by atoms with Gasteiger partial charge >= 0.3 is 0 Å². The highest BCUT2D eigenvalue weighted by atomic mass is 16.6. The van der Waals surface area contributed by atoms with Crippen LogP contribution in [0.25, 0.3) is 0 Å². The quantitative estimate of drug-likeness (QED) is 0.672. The highest BCUT2D eigenvalue weighted by molar-refractivity contribution is 5.64. The van der Waals surface area contributed by atoms with E-state index in [4.69, 9.17) is 5.26 Å². The van der Waals surface area contributed by atoms with Gasteiger partial charge in [-0.1, -0.05) is 13.0 Å². The standard InChI is InChI=1S/C15H14N4O2/c1-2-12-4-3-7-17-14(12)10-18-13-8-11(9-16)5-6-15(13)19(20)21/h3-8,18H,2,10H2,1H3. The molecule has 2 rings (SSSR count). The predicted octanol–water partition coefficient (Wildman–Crippen LogP) is 3.04. The van der Waals surface area contributed by atoms with E-state index in [1.54, 1.807) is 6.20 Å². The third-order valence-corrected chi connectivity index (χ3v) is 3.13. The summed E-state index contributed by atoms with van der Waals surface area (Å²) >= 11 is 0. The normalized spacial score (nSPS) is 9.90. The summed E-state index contributed by atoms with van der Waals surface area (Å²) in [4.78, 5) is 14.8. The number of nitro benzene ring substituents is 1. The highest BCUT2D eigenvalue weighted by Crippen LogP contribution is 2.26. The zero-order chi connectivity index (χ0) is 15.2.